The molecule has 1 aliphatic heterocycles. The van der Waals surface area contributed by atoms with E-state index in [0.717, 1.165) is 61.7 Å². The zero-order valence-electron chi connectivity index (χ0n) is 68.9. The fraction of sp³-hybridized carbons (Fsp3) is 0.317. The molecule has 638 valence electrons. The summed E-state index contributed by atoms with van der Waals surface area (Å²) in [6.07, 6.45) is 2.56. The molecule has 6 N–H and O–H groups in total. The number of nitrogens with two attached hydrogens (primary N) is 1. The number of carbonyl (C=O) groups excluding carboxylic acids is 4. The molecule has 1 fully saturated rings. The first-order valence-corrected chi connectivity index (χ1v) is 39.9. The number of esters is 4. The number of carbonyl (C=O) groups is 4. The van der Waals surface area contributed by atoms with Gasteiger partial charge in [-0.05, 0) is 215 Å². The van der Waals surface area contributed by atoms with Gasteiger partial charge in [0, 0.05) is 45.7 Å². The third-order valence-corrected chi connectivity index (χ3v) is 18.2. The Balaban J connectivity index is 0.000000418. The number of halogens is 8. The summed E-state index contributed by atoms with van der Waals surface area (Å²) in [7, 11) is -5.79. The number of aliphatic hydroxyl groups is 1. The number of benzene rings is 8. The molecule has 0 spiro atoms. The molecule has 0 atom stereocenters. The van der Waals surface area contributed by atoms with E-state index in [2.05, 4.69) is 51.5 Å². The first-order chi connectivity index (χ1) is 55.5. The molecule has 9 aromatic rings. The second kappa shape index (κ2) is 45.7. The van der Waals surface area contributed by atoms with Gasteiger partial charge < -0.3 is 59.6 Å². The second-order valence-electron chi connectivity index (χ2n) is 28.8. The zero-order valence-corrected chi connectivity index (χ0v) is 74.7. The number of aromatic amines is 1. The van der Waals surface area contributed by atoms with Crippen molar-refractivity contribution in [1.82, 2.24) is 10.2 Å². The van der Waals surface area contributed by atoms with E-state index in [4.69, 9.17) is 68.7 Å². The van der Waals surface area contributed by atoms with E-state index in [9.17, 15) is 67.6 Å². The average molecular weight is 1850 g/mol. The molecule has 1 aliphatic rings. The molecule has 1 saturated heterocycles. The van der Waals surface area contributed by atoms with Gasteiger partial charge in [-0.1, -0.05) is 56.1 Å². The van der Waals surface area contributed by atoms with Crippen LogP contribution >= 0.6 is 31.9 Å². The van der Waals surface area contributed by atoms with Gasteiger partial charge in [-0.2, -0.15) is 20.9 Å². The number of aromatic nitrogens is 2. The van der Waals surface area contributed by atoms with Gasteiger partial charge in [0.05, 0.1) is 25.1 Å². The number of rotatable bonds is 20. The Morgan fingerprint density at radius 3 is 1.18 bits per heavy atom. The molecule has 0 aliphatic carbocycles. The molecule has 0 bridgehead atoms. The number of H-pyrrole nitrogens is 1. The molecule has 27 nitrogen and oxygen atoms in total. The fourth-order valence-electron chi connectivity index (χ4n) is 9.74. The molecule has 0 saturated carbocycles. The first-order valence-electron chi connectivity index (χ1n) is 35.3. The molecule has 0 unspecified atom stereocenters. The van der Waals surface area contributed by atoms with Crippen LogP contribution in [0.15, 0.2) is 152 Å². The van der Waals surface area contributed by atoms with Crippen molar-refractivity contribution in [2.24, 2.45) is 0 Å². The number of fused-ring (bicyclic) bond motifs is 1. The third-order valence-electron chi connectivity index (χ3n) is 14.5. The minimum atomic E-state index is -4.27. The minimum absolute atomic E-state index is 0. The van der Waals surface area contributed by atoms with Crippen molar-refractivity contribution in [3.63, 3.8) is 0 Å². The van der Waals surface area contributed by atoms with E-state index in [-0.39, 0.29) is 100.0 Å². The first kappa shape index (κ1) is 102. The van der Waals surface area contributed by atoms with Gasteiger partial charge in [-0.25, -0.2) is 62.4 Å². The summed E-state index contributed by atoms with van der Waals surface area (Å²) in [6.45, 7) is 21.0. The number of hydrogen-bond donors (Lipinski definition) is 5. The molecular weight excluding hydrogens is 1760 g/mol. The number of aliphatic hydroxyl groups excluding tert-OH is 1. The Morgan fingerprint density at radius 2 is 0.833 bits per heavy atom. The molecule has 38 heteroatoms. The summed E-state index contributed by atoms with van der Waals surface area (Å²) in [5.41, 5.74) is 5.41. The van der Waals surface area contributed by atoms with Crippen molar-refractivity contribution in [1.29, 1.82) is 15.8 Å². The number of anilines is 3. The van der Waals surface area contributed by atoms with Gasteiger partial charge in [0.2, 0.25) is 0 Å². The van der Waals surface area contributed by atoms with Crippen molar-refractivity contribution in [3.05, 3.63) is 194 Å². The number of sulfonamides is 2. The third kappa shape index (κ3) is 33.5. The smallest absolute Gasteiger partial charge is 1.00 e. The molecule has 120 heavy (non-hydrogen) atoms. The van der Waals surface area contributed by atoms with Crippen LogP contribution in [0.5, 0.6) is 28.7 Å². The van der Waals surface area contributed by atoms with E-state index in [1.54, 1.807) is 119 Å². The van der Waals surface area contributed by atoms with Crippen molar-refractivity contribution >= 4 is 104 Å². The summed E-state index contributed by atoms with van der Waals surface area (Å²) in [5.74, 6) is -6.75. The predicted octanol–water partition coefficient (Wildman–Crippen LogP) is 13.5. The van der Waals surface area contributed by atoms with Crippen LogP contribution in [-0.4, -0.2) is 132 Å². The van der Waals surface area contributed by atoms with Gasteiger partial charge in [0.15, 0.2) is 25.6 Å². The Morgan fingerprint density at radius 1 is 0.492 bits per heavy atom. The monoisotopic (exact) mass is 1850 g/mol. The number of nitrogens with one attached hydrogen (secondary N) is 3. The van der Waals surface area contributed by atoms with Crippen LogP contribution in [0, 0.1) is 68.9 Å². The summed E-state index contributed by atoms with van der Waals surface area (Å²) in [5, 5.41) is 42.0. The van der Waals surface area contributed by atoms with Crippen LogP contribution in [0.25, 0.3) is 33.2 Å². The quantitative estimate of drug-likeness (QED) is 0.0205. The summed E-state index contributed by atoms with van der Waals surface area (Å²) in [6, 6.07) is 34.5. The predicted molar refractivity (Wildman–Crippen MR) is 436 cm³/mol. The molecule has 0 radical (unpaired) electrons. The normalized spacial score (nSPS) is 11.6. The number of ether oxygens (including phenoxy) is 10. The van der Waals surface area contributed by atoms with E-state index in [0.29, 0.717) is 43.4 Å². The van der Waals surface area contributed by atoms with Gasteiger partial charge in [-0.3, -0.25) is 14.5 Å². The van der Waals surface area contributed by atoms with Crippen molar-refractivity contribution in [2.75, 3.05) is 69.0 Å². The van der Waals surface area contributed by atoms with Crippen molar-refractivity contribution in [3.8, 4) is 69.2 Å². The maximum absolute atomic E-state index is 14.6. The fourth-order valence-corrected chi connectivity index (χ4v) is 12.9. The van der Waals surface area contributed by atoms with Crippen molar-refractivity contribution in [2.45, 2.75) is 128 Å². The number of nitrogen functional groups attached to an aromatic ring is 1. The maximum atomic E-state index is 14.6. The van der Waals surface area contributed by atoms with E-state index in [1.807, 2.05) is 0 Å². The van der Waals surface area contributed by atoms with E-state index in [1.165, 1.54) is 93.8 Å². The zero-order chi connectivity index (χ0) is 89.1. The number of nitriles is 3. The summed E-state index contributed by atoms with van der Waals surface area (Å²) < 4.78 is 189. The number of nitrogens with zero attached hydrogens (tertiary/aromatic N) is 4. The average Bonchev–Trinajstić information content (AvgIpc) is 1.57. The molecule has 10 rings (SSSR count). The molecule has 2 heterocycles. The molecule has 8 aromatic carbocycles. The Labute approximate surface area is 730 Å². The number of methoxy groups -OCH3 is 2. The summed E-state index contributed by atoms with van der Waals surface area (Å²) in [4.78, 5) is 44.8. The van der Waals surface area contributed by atoms with Crippen molar-refractivity contribution < 1.29 is 146 Å². The molecular formula is C82H87Br2F6N8NaO19S2. The second-order valence-corrected chi connectivity index (χ2v) is 34.0. The number of hydrogen-bond acceptors (Lipinski definition) is 24. The van der Waals surface area contributed by atoms with Gasteiger partial charge in [-0.15, -0.1) is 0 Å². The topological polar surface area (TPSA) is 399 Å². The molecule has 0 amide bonds. The van der Waals surface area contributed by atoms with Crippen LogP contribution in [0.1, 0.15) is 114 Å². The Bertz CT molecular complexity index is 5430. The van der Waals surface area contributed by atoms with Gasteiger partial charge >= 0.3 is 53.4 Å². The molecule has 1 aromatic heterocycles. The van der Waals surface area contributed by atoms with Crippen LogP contribution in [-0.2, 0) is 62.9 Å². The largest absolute Gasteiger partial charge is 1.00 e. The minimum Gasteiger partial charge on any atom is -1.00 e. The van der Waals surface area contributed by atoms with E-state index < -0.39 is 130 Å². The maximum Gasteiger partial charge on any atom is 1.00 e. The van der Waals surface area contributed by atoms with Gasteiger partial charge in [0.25, 0.3) is 20.0 Å². The van der Waals surface area contributed by atoms with Crippen LogP contribution < -0.4 is 68.4 Å². The SMILES string of the molecule is C1CCOC1.CC(C)(C)OC(=O)CO.CC(C)(C)OC(=O)COc1cc(Br)cc(F)c1C#N.COc1ccc(F)c(S(=O)(=O)Nc2ccc(-c3cc(F)c(C#N)c(OCC(=O)OC(C)(C)C)c3)cc2)c1.COc1ccc(F)c(S(=O)(=O)Nc2ccc(-c3cc(OCC(=O)OC(C)(C)C)c4c(N)n[nH]c4c3)cc2)c1.N#Cc1c(F)cc(Br)cc1F.[H-].[Na+]. The van der Waals surface area contributed by atoms with Crippen LogP contribution in [0.3, 0.4) is 0 Å². The standard InChI is InChI=1S/C26H24F2N2O6S.C26H27FN4O6S.C13H13BrFNO3.C7H2BrF2N.C6H12O3.C4H8O.Na.H/c1-26(2,3)36-25(31)15-35-23-12-17(11-22(28)20(23)14-29)16-5-7-18(8-6-16)30-37(32,33)24-13-19(34-4)9-10-21(24)27;1-26(2,3)37-23(32)14-36-21-12-16(11-20-24(21)25(28)30-29-20)15-5-7-17(8-6-15)31-38(33,34)22-13-18(35-4)9-10-19(22)27;1-13(2,3)19-12(17)7-18-11-5-8(14)4-10(15)9(11)6-16;8-4-1-6(9)5(3-11)7(10)2-4;1-6(2,3)9-5(8)4-7;1-2-4-5-3-1;;/h5-13,30H,15H2,1-4H3;5-13,31H,14H2,1-4H3,(H3,28,29,30);4-5H,7H2,1-3H3;1-2H;7H,4H2,1-3H3;1-4H2;;/q;;;;;;+1;-1. The Hall–Kier alpha value is -10.7. The van der Waals surface area contributed by atoms with Crippen LogP contribution in [0.2, 0.25) is 0 Å². The van der Waals surface area contributed by atoms with Crippen LogP contribution in [0.4, 0.5) is 43.5 Å². The Kier molecular flexibility index (Phi) is 38.7. The van der Waals surface area contributed by atoms with E-state index >= 15 is 0 Å². The van der Waals surface area contributed by atoms with Gasteiger partial charge in [0.1, 0.15) is 137 Å². The summed E-state index contributed by atoms with van der Waals surface area (Å²) >= 11 is 5.97.